The molecule has 3 aliphatic rings. The normalized spacial score (nSPS) is 21.6. The molecule has 3 N–H and O–H groups in total. The molecule has 12 nitrogen and oxygen atoms in total. The predicted molar refractivity (Wildman–Crippen MR) is 140 cm³/mol. The van der Waals surface area contributed by atoms with Crippen LogP contribution in [0.4, 0.5) is 4.79 Å². The van der Waals surface area contributed by atoms with Crippen LogP contribution < -0.4 is 15.4 Å². The molecular weight excluding hydrogens is 502 g/mol. The van der Waals surface area contributed by atoms with Gasteiger partial charge in [-0.1, -0.05) is 23.1 Å². The number of pyridine rings is 1. The number of fused-ring (bicyclic) bond motifs is 1. The first-order valence-electron chi connectivity index (χ1n) is 12.6. The maximum absolute atomic E-state index is 13.1. The highest BCUT2D eigenvalue weighted by atomic mass is 16.5. The van der Waals surface area contributed by atoms with Crippen LogP contribution in [0.15, 0.2) is 41.8 Å². The number of rotatable bonds is 4. The van der Waals surface area contributed by atoms with Gasteiger partial charge in [0, 0.05) is 55.3 Å². The predicted octanol–water partition coefficient (Wildman–Crippen LogP) is 0.449. The summed E-state index contributed by atoms with van der Waals surface area (Å²) in [6, 6.07) is 6.26. The molecule has 1 aromatic heterocycles. The Hall–Kier alpha value is -4.63. The number of amidine groups is 1. The first-order chi connectivity index (χ1) is 18.8. The number of methoxy groups -OCH3 is 1. The summed E-state index contributed by atoms with van der Waals surface area (Å²) >= 11 is 0. The maximum atomic E-state index is 13.1. The summed E-state index contributed by atoms with van der Waals surface area (Å²) in [7, 11) is 3.57. The van der Waals surface area contributed by atoms with E-state index < -0.39 is 17.5 Å². The molecule has 39 heavy (non-hydrogen) atoms. The molecule has 1 atom stereocenters. The molecular formula is C27H29N7O5. The number of carbonyl (C=O) groups excluding carboxylic acids is 3. The van der Waals surface area contributed by atoms with Crippen LogP contribution in [0.3, 0.4) is 0 Å². The number of aromatic nitrogens is 1. The van der Waals surface area contributed by atoms with E-state index in [-0.39, 0.29) is 19.0 Å². The summed E-state index contributed by atoms with van der Waals surface area (Å²) in [5.74, 6) is 5.85. The minimum Gasteiger partial charge on any atom is -0.497 e. The third kappa shape index (κ3) is 5.21. The number of nitrogens with one attached hydrogen (secondary N) is 2. The number of imide groups is 1. The number of benzene rings is 1. The number of amides is 4. The van der Waals surface area contributed by atoms with E-state index in [2.05, 4.69) is 44.6 Å². The van der Waals surface area contributed by atoms with Gasteiger partial charge in [0.1, 0.15) is 5.75 Å². The summed E-state index contributed by atoms with van der Waals surface area (Å²) < 4.78 is 5.23. The number of ether oxygens (including phenoxy) is 1. The second-order valence-electron chi connectivity index (χ2n) is 9.78. The Balaban J connectivity index is 1.41. The molecule has 0 unspecified atom stereocenters. The average molecular weight is 532 g/mol. The van der Waals surface area contributed by atoms with E-state index >= 15 is 0 Å². The van der Waals surface area contributed by atoms with Gasteiger partial charge in [-0.25, -0.2) is 4.79 Å². The minimum atomic E-state index is -1.65. The molecule has 0 saturated carbocycles. The topological polar surface area (TPSA) is 140 Å². The van der Waals surface area contributed by atoms with Crippen LogP contribution in [-0.4, -0.2) is 101 Å². The monoisotopic (exact) mass is 531 g/mol. The highest BCUT2D eigenvalue weighted by molar-refractivity contribution is 6.10. The second kappa shape index (κ2) is 10.6. The Labute approximate surface area is 225 Å². The Bertz CT molecular complexity index is 1410. The van der Waals surface area contributed by atoms with Gasteiger partial charge in [-0.2, -0.15) is 0 Å². The largest absolute Gasteiger partial charge is 0.497 e. The standard InChI is InChI=1S/C27H29N7O5/c1-32-8-3-9-33(11-10-32)23(31-38)20-12-18(14-28-15-20)6-7-27(25(36)29-26(37)30-27)17-34-16-19-4-5-21(39-2)13-22(19)24(34)35/h4-5,12-15,38H,3,8-11,16-17H2,1-2H3,(H2,29,30,36,37)/b31-23-/t27-/m1/s1. The van der Waals surface area contributed by atoms with Gasteiger partial charge in [0.15, 0.2) is 5.84 Å². The molecule has 0 spiro atoms. The van der Waals surface area contributed by atoms with Crippen LogP contribution in [0.2, 0.25) is 0 Å². The fraction of sp³-hybridized carbons (Fsp3) is 0.370. The molecule has 2 aromatic rings. The van der Waals surface area contributed by atoms with Gasteiger partial charge in [0.2, 0.25) is 5.54 Å². The first kappa shape index (κ1) is 26.0. The third-order valence-electron chi connectivity index (χ3n) is 7.10. The van der Waals surface area contributed by atoms with Crippen LogP contribution in [0, 0.1) is 11.8 Å². The highest BCUT2D eigenvalue weighted by Crippen LogP contribution is 2.28. The van der Waals surface area contributed by atoms with Crippen molar-refractivity contribution in [1.82, 2.24) is 30.3 Å². The van der Waals surface area contributed by atoms with Crippen molar-refractivity contribution in [2.75, 3.05) is 46.9 Å². The Kier molecular flexibility index (Phi) is 7.08. The van der Waals surface area contributed by atoms with Gasteiger partial charge < -0.3 is 30.0 Å². The van der Waals surface area contributed by atoms with Crippen molar-refractivity contribution >= 4 is 23.7 Å². The molecule has 5 rings (SSSR count). The molecule has 1 aromatic carbocycles. The molecule has 0 aliphatic carbocycles. The molecule has 2 saturated heterocycles. The Morgan fingerprint density at radius 3 is 2.77 bits per heavy atom. The third-order valence-corrected chi connectivity index (χ3v) is 7.10. The number of urea groups is 1. The number of nitrogens with zero attached hydrogens (tertiary/aromatic N) is 5. The van der Waals surface area contributed by atoms with Crippen LogP contribution in [0.25, 0.3) is 0 Å². The lowest BCUT2D eigenvalue weighted by atomic mass is 9.99. The van der Waals surface area contributed by atoms with E-state index in [1.807, 2.05) is 4.90 Å². The molecule has 4 amide bonds. The quantitative estimate of drug-likeness (QED) is 0.129. The Morgan fingerprint density at radius 2 is 2.03 bits per heavy atom. The van der Waals surface area contributed by atoms with Gasteiger partial charge in [-0.15, -0.1) is 0 Å². The number of hydrogen-bond donors (Lipinski definition) is 3. The van der Waals surface area contributed by atoms with E-state index in [0.717, 1.165) is 31.6 Å². The first-order valence-corrected chi connectivity index (χ1v) is 12.6. The molecule has 202 valence electrons. The molecule has 0 bridgehead atoms. The van der Waals surface area contributed by atoms with Gasteiger partial charge in [0.25, 0.3) is 11.8 Å². The number of likely N-dealkylation sites (N-methyl/N-ethyl adjacent to an activating group) is 1. The Morgan fingerprint density at radius 1 is 1.18 bits per heavy atom. The molecule has 2 fully saturated rings. The number of oxime groups is 1. The number of carbonyl (C=O) groups is 3. The molecule has 3 aliphatic heterocycles. The van der Waals surface area contributed by atoms with Crippen LogP contribution in [-0.2, 0) is 11.3 Å². The fourth-order valence-electron chi connectivity index (χ4n) is 4.98. The molecule has 12 heteroatoms. The zero-order valence-electron chi connectivity index (χ0n) is 21.7. The van der Waals surface area contributed by atoms with Gasteiger partial charge >= 0.3 is 6.03 Å². The summed E-state index contributed by atoms with van der Waals surface area (Å²) in [4.78, 5) is 48.2. The summed E-state index contributed by atoms with van der Waals surface area (Å²) in [5.41, 5.74) is 0.644. The summed E-state index contributed by atoms with van der Waals surface area (Å²) in [6.07, 6.45) is 4.03. The van der Waals surface area contributed by atoms with Crippen LogP contribution in [0.5, 0.6) is 5.75 Å². The summed E-state index contributed by atoms with van der Waals surface area (Å²) in [6.45, 7) is 3.32. The highest BCUT2D eigenvalue weighted by Gasteiger charge is 2.48. The molecule has 0 radical (unpaired) electrons. The minimum absolute atomic E-state index is 0.148. The van der Waals surface area contributed by atoms with Crippen molar-refractivity contribution in [3.05, 3.63) is 58.9 Å². The fourth-order valence-corrected chi connectivity index (χ4v) is 4.98. The van der Waals surface area contributed by atoms with E-state index in [4.69, 9.17) is 4.74 Å². The summed E-state index contributed by atoms with van der Waals surface area (Å²) in [5, 5.41) is 18.2. The average Bonchev–Trinajstić information content (AvgIpc) is 3.28. The van der Waals surface area contributed by atoms with E-state index in [1.165, 1.54) is 18.2 Å². The molecule has 4 heterocycles. The van der Waals surface area contributed by atoms with Gasteiger partial charge in [-0.3, -0.25) is 19.9 Å². The van der Waals surface area contributed by atoms with Crippen molar-refractivity contribution in [3.63, 3.8) is 0 Å². The lowest BCUT2D eigenvalue weighted by molar-refractivity contribution is -0.122. The lowest BCUT2D eigenvalue weighted by Crippen LogP contribution is -2.54. The van der Waals surface area contributed by atoms with E-state index in [1.54, 1.807) is 30.5 Å². The zero-order chi connectivity index (χ0) is 27.6. The smallest absolute Gasteiger partial charge is 0.323 e. The lowest BCUT2D eigenvalue weighted by Gasteiger charge is -2.26. The van der Waals surface area contributed by atoms with E-state index in [0.29, 0.717) is 34.8 Å². The van der Waals surface area contributed by atoms with E-state index in [9.17, 15) is 19.6 Å². The zero-order valence-corrected chi connectivity index (χ0v) is 21.7. The van der Waals surface area contributed by atoms with Crippen LogP contribution >= 0.6 is 0 Å². The van der Waals surface area contributed by atoms with Crippen molar-refractivity contribution in [1.29, 1.82) is 0 Å². The van der Waals surface area contributed by atoms with Gasteiger partial charge in [-0.05, 0) is 43.8 Å². The van der Waals surface area contributed by atoms with Crippen molar-refractivity contribution in [2.45, 2.75) is 18.5 Å². The maximum Gasteiger partial charge on any atom is 0.323 e. The van der Waals surface area contributed by atoms with Gasteiger partial charge in [0.05, 0.1) is 13.7 Å². The van der Waals surface area contributed by atoms with Crippen molar-refractivity contribution in [2.24, 2.45) is 5.16 Å². The SMILES string of the molecule is COc1ccc2c(c1)C(=O)N(C[C@@]1(C#Cc3cncc(/C(=N/O)N4CCCN(C)CC4)c3)NC(=O)NC1=O)C2. The van der Waals surface area contributed by atoms with Crippen LogP contribution in [0.1, 0.15) is 33.5 Å². The van der Waals surface area contributed by atoms with Crippen molar-refractivity contribution < 1.29 is 24.3 Å². The number of hydrogen-bond acceptors (Lipinski definition) is 8. The second-order valence-corrected chi connectivity index (χ2v) is 9.78. The van der Waals surface area contributed by atoms with Crippen molar-refractivity contribution in [3.8, 4) is 17.6 Å².